The van der Waals surface area contributed by atoms with Crippen molar-refractivity contribution in [3.8, 4) is 0 Å². The van der Waals surface area contributed by atoms with Gasteiger partial charge in [-0.2, -0.15) is 0 Å². The predicted octanol–water partition coefficient (Wildman–Crippen LogP) is -18.7. The molecular formula is C28H45CeGdN4O29+6. The SMILES string of the molecule is O.O.O.O.O.O.O.O=C([O-])c1cccc(C(=O)O)n1.O=C([O-])c1cccc(C(=O)[O-])n1.O=C([O-])c1cccc(C(=O)[O-])n1.O=C([O-])c1cccc(C(=O)[O-])n1.[Ce+4].[Gd+3].[OH3+].[OH3+].[OH3+].[OH3+].[OH3+].[OH3+]. The Morgan fingerprint density at radius 1 is 0.317 bits per heavy atom. The van der Waals surface area contributed by atoms with Gasteiger partial charge in [0, 0.05) is 0 Å². The molecule has 0 aliphatic heterocycles. The van der Waals surface area contributed by atoms with Gasteiger partial charge in [-0.15, -0.1) is 0 Å². The molecule has 4 aromatic rings. The minimum Gasteiger partial charge on any atom is -0.543 e. The summed E-state index contributed by atoms with van der Waals surface area (Å²) >= 11 is 0. The predicted molar refractivity (Wildman–Crippen MR) is 189 cm³/mol. The number of hydrogen-bond acceptors (Lipinski definition) is 19. The molecule has 0 bridgehead atoms. The number of aromatic nitrogens is 4. The molecule has 0 fully saturated rings. The van der Waals surface area contributed by atoms with Crippen LogP contribution in [0.15, 0.2) is 72.8 Å². The molecule has 0 saturated carbocycles. The standard InChI is InChI=1S/4C7H5NO4.Ce.Gd.13H2O/c4*9-6(10)4-2-1-3-5(8-4)7(11)12;;;;;;;;;;;;;;;/h4*1-3H,(H,9,10)(H,11,12);;;13*1H2/q;;;;+4;+3;;;;;;;;;;;;;/p-1. The third kappa shape index (κ3) is 38.0. The zero-order chi connectivity index (χ0) is 36.6. The number of rotatable bonds is 8. The smallest absolute Gasteiger partial charge is 0.543 e. The van der Waals surface area contributed by atoms with Crippen LogP contribution in [0.4, 0.5) is 0 Å². The van der Waals surface area contributed by atoms with E-state index in [2.05, 4.69) is 19.9 Å². The van der Waals surface area contributed by atoms with Crippen molar-refractivity contribution >= 4 is 47.8 Å². The normalized spacial score (nSPS) is 7.11. The van der Waals surface area contributed by atoms with E-state index in [0.717, 1.165) is 36.4 Å². The zero-order valence-corrected chi connectivity index (χ0v) is 36.5. The molecule has 0 unspecified atom stereocenters. The number of pyridine rings is 4. The molecule has 63 heavy (non-hydrogen) atoms. The van der Waals surface area contributed by atoms with E-state index >= 15 is 0 Å². The Morgan fingerprint density at radius 2 is 0.429 bits per heavy atom. The Balaban J connectivity index is -0.0000000348. The Labute approximate surface area is 414 Å². The molecule has 4 heterocycles. The number of nitrogens with zero attached hydrogens (tertiary/aromatic N) is 4. The molecule has 33 N–H and O–H groups in total. The largest absolute Gasteiger partial charge is 4.00 e. The van der Waals surface area contributed by atoms with E-state index in [-0.39, 0.29) is 164 Å². The fourth-order valence-corrected chi connectivity index (χ4v) is 2.65. The van der Waals surface area contributed by atoms with Crippen molar-refractivity contribution in [2.45, 2.75) is 0 Å². The Morgan fingerprint density at radius 3 is 0.540 bits per heavy atom. The first-order valence-corrected chi connectivity index (χ1v) is 12.1. The summed E-state index contributed by atoms with van der Waals surface area (Å²) in [6.07, 6.45) is 0. The molecule has 0 amide bonds. The Bertz CT molecular complexity index is 1520. The molecule has 0 aliphatic rings. The van der Waals surface area contributed by atoms with Gasteiger partial charge in [0.2, 0.25) is 0 Å². The average molecular weight is 1200 g/mol. The maximum atomic E-state index is 10.3. The Hall–Kier alpha value is -5.46. The van der Waals surface area contributed by atoms with Gasteiger partial charge < -0.3 is 146 Å². The first-order valence-electron chi connectivity index (χ1n) is 12.1. The zero-order valence-electron chi connectivity index (χ0n) is 31.1. The molecular weight excluding hydrogens is 1150 g/mol. The maximum Gasteiger partial charge on any atom is 4.00 e. The minimum absolute atomic E-state index is 0. The van der Waals surface area contributed by atoms with Gasteiger partial charge in [0.15, 0.2) is 0 Å². The summed E-state index contributed by atoms with van der Waals surface area (Å²) in [4.78, 5) is 94.7. The van der Waals surface area contributed by atoms with Crippen LogP contribution in [-0.2, 0) is 32.9 Å². The van der Waals surface area contributed by atoms with Gasteiger partial charge in [-0.05, 0) is 48.5 Å². The monoisotopic (exact) mass is 1200 g/mol. The first-order chi connectivity index (χ1) is 22.4. The van der Waals surface area contributed by atoms with Crippen LogP contribution in [0, 0.1) is 81.7 Å². The molecule has 1 radical (unpaired) electrons. The van der Waals surface area contributed by atoms with Crippen LogP contribution >= 0.6 is 0 Å². The summed E-state index contributed by atoms with van der Waals surface area (Å²) in [5.74, 6) is -11.8. The molecule has 35 heteroatoms. The number of aromatic carboxylic acids is 8. The number of hydrogen-bond donors (Lipinski definition) is 1. The second kappa shape index (κ2) is 50.9. The molecule has 33 nitrogen and oxygen atoms in total. The van der Waals surface area contributed by atoms with Crippen LogP contribution in [0.2, 0.25) is 0 Å². The second-order valence-corrected chi connectivity index (χ2v) is 7.95. The summed E-state index contributed by atoms with van der Waals surface area (Å²) < 4.78 is 0. The van der Waals surface area contributed by atoms with Crippen molar-refractivity contribution in [2.75, 3.05) is 0 Å². The van der Waals surface area contributed by atoms with Gasteiger partial charge in [0.1, 0.15) is 5.69 Å². The van der Waals surface area contributed by atoms with Gasteiger partial charge in [0.05, 0.1) is 81.6 Å². The van der Waals surface area contributed by atoms with Crippen molar-refractivity contribution in [2.24, 2.45) is 0 Å². The summed E-state index contributed by atoms with van der Waals surface area (Å²) in [5, 5.41) is 79.8. The molecule has 0 spiro atoms. The fraction of sp³-hybridized carbons (Fsp3) is 0. The van der Waals surface area contributed by atoms with Gasteiger partial charge in [-0.3, -0.25) is 0 Å². The second-order valence-electron chi connectivity index (χ2n) is 7.95. The summed E-state index contributed by atoms with van der Waals surface area (Å²) in [6, 6.07) is 14.3. The summed E-state index contributed by atoms with van der Waals surface area (Å²) in [7, 11) is 0. The van der Waals surface area contributed by atoms with Gasteiger partial charge in [0.25, 0.3) is 0 Å². The molecule has 0 saturated heterocycles. The molecule has 357 valence electrons. The van der Waals surface area contributed by atoms with E-state index in [1.54, 1.807) is 0 Å². The quantitative estimate of drug-likeness (QED) is 0.160. The molecule has 0 aromatic carbocycles. The average Bonchev–Trinajstić information content (AvgIpc) is 3.05. The number of carbonyl (C=O) groups is 8. The number of carboxylic acid groups (broad SMARTS) is 8. The van der Waals surface area contributed by atoms with E-state index in [4.69, 9.17) is 5.11 Å². The maximum absolute atomic E-state index is 10.3. The van der Waals surface area contributed by atoms with Crippen LogP contribution in [0.5, 0.6) is 0 Å². The van der Waals surface area contributed by atoms with Gasteiger partial charge in [-0.25, -0.2) is 24.7 Å². The minimum atomic E-state index is -1.52. The number of carboxylic acids is 8. The topological polar surface area (TPSA) is 788 Å². The van der Waals surface area contributed by atoms with Crippen molar-refractivity contribution in [1.29, 1.82) is 0 Å². The fourth-order valence-electron chi connectivity index (χ4n) is 2.65. The van der Waals surface area contributed by atoms with Crippen LogP contribution in [0.25, 0.3) is 0 Å². The first kappa shape index (κ1) is 102. The van der Waals surface area contributed by atoms with Crippen LogP contribution in [0.3, 0.4) is 0 Å². The molecule has 4 aromatic heterocycles. The van der Waals surface area contributed by atoms with E-state index in [1.807, 2.05) is 0 Å². The van der Waals surface area contributed by atoms with E-state index in [1.165, 1.54) is 36.4 Å². The Kier molecular flexibility index (Phi) is 82.1. The molecule has 0 atom stereocenters. The third-order valence-electron chi connectivity index (χ3n) is 4.68. The van der Waals surface area contributed by atoms with Crippen molar-refractivity contribution in [3.05, 3.63) is 118 Å². The van der Waals surface area contributed by atoms with Crippen LogP contribution in [-0.4, -0.2) is 111 Å². The summed E-state index contributed by atoms with van der Waals surface area (Å²) in [6.45, 7) is 0. The van der Waals surface area contributed by atoms with Crippen molar-refractivity contribution < 1.29 is 232 Å². The molecule has 4 rings (SSSR count). The summed E-state index contributed by atoms with van der Waals surface area (Å²) in [5.41, 5.74) is -3.21. The van der Waals surface area contributed by atoms with E-state index in [9.17, 15) is 74.1 Å². The van der Waals surface area contributed by atoms with E-state index in [0.29, 0.717) is 0 Å². The van der Waals surface area contributed by atoms with Crippen molar-refractivity contribution in [1.82, 2.24) is 19.9 Å². The third-order valence-corrected chi connectivity index (χ3v) is 4.68. The van der Waals surface area contributed by atoms with Gasteiger partial charge in [-0.1, -0.05) is 24.3 Å². The van der Waals surface area contributed by atoms with Crippen molar-refractivity contribution in [3.63, 3.8) is 0 Å². The van der Waals surface area contributed by atoms with E-state index < -0.39 is 81.9 Å². The van der Waals surface area contributed by atoms with Gasteiger partial charge >= 0.3 is 87.7 Å². The van der Waals surface area contributed by atoms with Crippen LogP contribution < -0.4 is 35.7 Å². The molecule has 0 aliphatic carbocycles. The number of carbonyl (C=O) groups excluding carboxylic acids is 7. The van der Waals surface area contributed by atoms with Crippen LogP contribution in [0.1, 0.15) is 83.9 Å².